The molecule has 0 N–H and O–H groups in total. The summed E-state index contributed by atoms with van der Waals surface area (Å²) in [6.45, 7) is 0.663. The third kappa shape index (κ3) is 4.16. The number of aldehydes is 1. The number of hydrogen-bond donors (Lipinski definition) is 0. The van der Waals surface area contributed by atoms with Crippen LogP contribution in [0.5, 0.6) is 0 Å². The first kappa shape index (κ1) is 13.7. The van der Waals surface area contributed by atoms with Crippen molar-refractivity contribution in [1.29, 1.82) is 0 Å². The first-order valence-electron chi connectivity index (χ1n) is 5.04. The minimum absolute atomic E-state index is 0.0617. The van der Waals surface area contributed by atoms with Crippen LogP contribution in [0.3, 0.4) is 0 Å². The van der Waals surface area contributed by atoms with Gasteiger partial charge in [-0.25, -0.2) is 0 Å². The van der Waals surface area contributed by atoms with Gasteiger partial charge in [0.2, 0.25) is 0 Å². The molecule has 5 nitrogen and oxygen atoms in total. The second kappa shape index (κ2) is 7.03. The minimum atomic E-state index is -0.508. The van der Waals surface area contributed by atoms with E-state index in [0.29, 0.717) is 18.5 Å². The van der Waals surface area contributed by atoms with Crippen LogP contribution in [0.2, 0.25) is 0 Å². The SMILES string of the molecule is COCCCSc1ccc([N+](=O)[O-])cc1C=O. The fraction of sp³-hybridized carbons (Fsp3) is 0.364. The van der Waals surface area contributed by atoms with Crippen molar-refractivity contribution in [3.05, 3.63) is 33.9 Å². The van der Waals surface area contributed by atoms with Gasteiger partial charge in [0, 0.05) is 42.1 Å². The van der Waals surface area contributed by atoms with E-state index in [1.165, 1.54) is 23.9 Å². The Morgan fingerprint density at radius 2 is 2.29 bits per heavy atom. The van der Waals surface area contributed by atoms with Crippen LogP contribution in [0, 0.1) is 10.1 Å². The summed E-state index contributed by atoms with van der Waals surface area (Å²) < 4.78 is 4.91. The molecule has 6 heteroatoms. The van der Waals surface area contributed by atoms with Crippen molar-refractivity contribution < 1.29 is 14.5 Å². The predicted octanol–water partition coefficient (Wildman–Crippen LogP) is 2.54. The average Bonchev–Trinajstić information content (AvgIpc) is 2.34. The number of hydrogen-bond acceptors (Lipinski definition) is 5. The summed E-state index contributed by atoms with van der Waals surface area (Å²) in [6, 6.07) is 4.32. The van der Waals surface area contributed by atoms with Crippen LogP contribution in [0.4, 0.5) is 5.69 Å². The fourth-order valence-electron chi connectivity index (χ4n) is 1.26. The van der Waals surface area contributed by atoms with Crippen LogP contribution < -0.4 is 0 Å². The van der Waals surface area contributed by atoms with E-state index in [9.17, 15) is 14.9 Å². The largest absolute Gasteiger partial charge is 0.385 e. The molecule has 1 aromatic rings. The molecule has 0 radical (unpaired) electrons. The summed E-state index contributed by atoms with van der Waals surface area (Å²) in [4.78, 5) is 21.6. The van der Waals surface area contributed by atoms with Crippen molar-refractivity contribution in [1.82, 2.24) is 0 Å². The molecule has 0 saturated carbocycles. The van der Waals surface area contributed by atoms with Gasteiger partial charge in [0.25, 0.3) is 5.69 Å². The number of benzene rings is 1. The van der Waals surface area contributed by atoms with Crippen LogP contribution in [0.25, 0.3) is 0 Å². The van der Waals surface area contributed by atoms with Crippen molar-refractivity contribution in [2.45, 2.75) is 11.3 Å². The molecule has 0 fully saturated rings. The number of nitro benzene ring substituents is 1. The highest BCUT2D eigenvalue weighted by Crippen LogP contribution is 2.26. The van der Waals surface area contributed by atoms with Gasteiger partial charge in [0.15, 0.2) is 6.29 Å². The van der Waals surface area contributed by atoms with Crippen molar-refractivity contribution in [3.63, 3.8) is 0 Å². The normalized spacial score (nSPS) is 10.2. The van der Waals surface area contributed by atoms with Crippen LogP contribution in [-0.2, 0) is 4.74 Å². The fourth-order valence-corrected chi connectivity index (χ4v) is 2.18. The maximum atomic E-state index is 10.8. The average molecular weight is 255 g/mol. The van der Waals surface area contributed by atoms with Gasteiger partial charge < -0.3 is 4.74 Å². The van der Waals surface area contributed by atoms with E-state index in [0.717, 1.165) is 17.1 Å². The van der Waals surface area contributed by atoms with Crippen LogP contribution in [-0.4, -0.2) is 30.7 Å². The first-order chi connectivity index (χ1) is 8.19. The summed E-state index contributed by atoms with van der Waals surface area (Å²) in [7, 11) is 1.63. The van der Waals surface area contributed by atoms with Crippen molar-refractivity contribution in [2.24, 2.45) is 0 Å². The monoisotopic (exact) mass is 255 g/mol. The Kier molecular flexibility index (Phi) is 5.65. The number of thioether (sulfide) groups is 1. The highest BCUT2D eigenvalue weighted by Gasteiger charge is 2.10. The van der Waals surface area contributed by atoms with E-state index in [4.69, 9.17) is 4.74 Å². The summed E-state index contributed by atoms with van der Waals surface area (Å²) in [5.41, 5.74) is 0.301. The Hall–Kier alpha value is -1.40. The molecular formula is C11H13NO4S. The lowest BCUT2D eigenvalue weighted by Gasteiger charge is -2.04. The van der Waals surface area contributed by atoms with E-state index < -0.39 is 4.92 Å². The highest BCUT2D eigenvalue weighted by molar-refractivity contribution is 7.99. The molecule has 0 heterocycles. The van der Waals surface area contributed by atoms with E-state index in [1.54, 1.807) is 13.2 Å². The van der Waals surface area contributed by atoms with E-state index in [1.807, 2.05) is 0 Å². The van der Waals surface area contributed by atoms with Gasteiger partial charge in [-0.15, -0.1) is 11.8 Å². The molecule has 0 amide bonds. The molecule has 0 aliphatic heterocycles. The number of carbonyl (C=O) groups excluding carboxylic acids is 1. The summed E-state index contributed by atoms with van der Waals surface area (Å²) in [5, 5.41) is 10.5. The van der Waals surface area contributed by atoms with Crippen LogP contribution >= 0.6 is 11.8 Å². The van der Waals surface area contributed by atoms with Crippen molar-refractivity contribution in [3.8, 4) is 0 Å². The van der Waals surface area contributed by atoms with E-state index in [2.05, 4.69) is 0 Å². The Labute approximate surface area is 103 Å². The molecule has 0 aliphatic carbocycles. The Morgan fingerprint density at radius 3 is 2.88 bits per heavy atom. The summed E-state index contributed by atoms with van der Waals surface area (Å²) in [5.74, 6) is 0.812. The van der Waals surface area contributed by atoms with Gasteiger partial charge >= 0.3 is 0 Å². The lowest BCUT2D eigenvalue weighted by Crippen LogP contribution is -1.94. The molecule has 0 atom stereocenters. The zero-order valence-corrected chi connectivity index (χ0v) is 10.2. The number of ether oxygens (including phenoxy) is 1. The number of rotatable bonds is 7. The van der Waals surface area contributed by atoms with E-state index in [-0.39, 0.29) is 5.69 Å². The van der Waals surface area contributed by atoms with Gasteiger partial charge in [-0.05, 0) is 12.5 Å². The van der Waals surface area contributed by atoms with Crippen LogP contribution in [0.15, 0.2) is 23.1 Å². The summed E-state index contributed by atoms with van der Waals surface area (Å²) in [6.07, 6.45) is 1.52. The molecule has 0 aliphatic rings. The lowest BCUT2D eigenvalue weighted by atomic mass is 10.2. The van der Waals surface area contributed by atoms with Gasteiger partial charge in [-0.1, -0.05) is 0 Å². The molecule has 1 rings (SSSR count). The van der Waals surface area contributed by atoms with Crippen LogP contribution in [0.1, 0.15) is 16.8 Å². The molecular weight excluding hydrogens is 242 g/mol. The quantitative estimate of drug-likeness (QED) is 0.246. The van der Waals surface area contributed by atoms with Gasteiger partial charge in [-0.3, -0.25) is 14.9 Å². The molecule has 0 spiro atoms. The third-order valence-corrected chi connectivity index (χ3v) is 3.26. The highest BCUT2D eigenvalue weighted by atomic mass is 32.2. The molecule has 1 aromatic carbocycles. The maximum Gasteiger partial charge on any atom is 0.270 e. The molecule has 0 bridgehead atoms. The molecule has 92 valence electrons. The molecule has 17 heavy (non-hydrogen) atoms. The van der Waals surface area contributed by atoms with Crippen molar-refractivity contribution >= 4 is 23.7 Å². The summed E-state index contributed by atoms with van der Waals surface area (Å²) >= 11 is 1.50. The first-order valence-corrected chi connectivity index (χ1v) is 6.03. The van der Waals surface area contributed by atoms with Gasteiger partial charge in [-0.2, -0.15) is 0 Å². The third-order valence-electron chi connectivity index (χ3n) is 2.08. The number of non-ortho nitro benzene ring substituents is 1. The number of nitro groups is 1. The zero-order chi connectivity index (χ0) is 12.7. The maximum absolute atomic E-state index is 10.8. The zero-order valence-electron chi connectivity index (χ0n) is 9.42. The molecule has 0 saturated heterocycles. The minimum Gasteiger partial charge on any atom is -0.385 e. The number of methoxy groups -OCH3 is 1. The topological polar surface area (TPSA) is 69.4 Å². The molecule has 0 unspecified atom stereocenters. The van der Waals surface area contributed by atoms with Crippen molar-refractivity contribution in [2.75, 3.05) is 19.5 Å². The second-order valence-electron chi connectivity index (χ2n) is 3.29. The second-order valence-corrected chi connectivity index (χ2v) is 4.43. The Balaban J connectivity index is 2.71. The predicted molar refractivity (Wildman–Crippen MR) is 65.7 cm³/mol. The standard InChI is InChI=1S/C11H13NO4S/c1-16-5-2-6-17-11-4-3-10(12(14)15)7-9(11)8-13/h3-4,7-8H,2,5-6H2,1H3. The molecule has 0 aromatic heterocycles. The smallest absolute Gasteiger partial charge is 0.270 e. The number of nitrogens with zero attached hydrogens (tertiary/aromatic N) is 1. The lowest BCUT2D eigenvalue weighted by molar-refractivity contribution is -0.384. The van der Waals surface area contributed by atoms with Gasteiger partial charge in [0.1, 0.15) is 0 Å². The Bertz CT molecular complexity index is 408. The van der Waals surface area contributed by atoms with Gasteiger partial charge in [0.05, 0.1) is 4.92 Å². The van der Waals surface area contributed by atoms with E-state index >= 15 is 0 Å². The Morgan fingerprint density at radius 1 is 1.53 bits per heavy atom. The number of carbonyl (C=O) groups is 1.